The number of carbonyl (C=O) groups excluding carboxylic acids is 1. The minimum absolute atomic E-state index is 0.0392. The highest BCUT2D eigenvalue weighted by Gasteiger charge is 2.88. The number of hydrogen-bond donors (Lipinski definition) is 0. The molecular formula is C28H28O5S2. The van der Waals surface area contributed by atoms with Gasteiger partial charge in [-0.1, -0.05) is 36.4 Å². The van der Waals surface area contributed by atoms with Gasteiger partial charge in [-0.2, -0.15) is 0 Å². The van der Waals surface area contributed by atoms with Crippen LogP contribution in [-0.4, -0.2) is 33.1 Å². The van der Waals surface area contributed by atoms with E-state index in [-0.39, 0.29) is 47.0 Å². The molecule has 0 heterocycles. The Bertz CT molecular complexity index is 1470. The molecule has 2 bridgehead atoms. The van der Waals surface area contributed by atoms with Gasteiger partial charge in [0.25, 0.3) is 0 Å². The van der Waals surface area contributed by atoms with E-state index in [1.54, 1.807) is 48.5 Å². The normalized spacial score (nSPS) is 45.8. The Morgan fingerprint density at radius 2 is 1.43 bits per heavy atom. The second kappa shape index (κ2) is 6.46. The Morgan fingerprint density at radius 1 is 0.771 bits per heavy atom. The van der Waals surface area contributed by atoms with Gasteiger partial charge in [-0.3, -0.25) is 4.79 Å². The number of Topliss-reactive ketones (excluding diaryl/α,β-unsaturated/α-hetero) is 1. The van der Waals surface area contributed by atoms with E-state index >= 15 is 0 Å². The number of carbonyl (C=O) groups is 1. The first kappa shape index (κ1) is 21.1. The van der Waals surface area contributed by atoms with Crippen LogP contribution in [0.1, 0.15) is 19.3 Å². The van der Waals surface area contributed by atoms with Crippen LogP contribution in [0.3, 0.4) is 0 Å². The number of ketones is 1. The quantitative estimate of drug-likeness (QED) is 0.595. The molecule has 0 N–H and O–H groups in total. The van der Waals surface area contributed by atoms with Crippen molar-refractivity contribution >= 4 is 25.5 Å². The van der Waals surface area contributed by atoms with Crippen LogP contribution in [0.4, 0.5) is 0 Å². The van der Waals surface area contributed by atoms with E-state index in [2.05, 4.69) is 0 Å². The monoisotopic (exact) mass is 508 g/mol. The third kappa shape index (κ3) is 2.22. The van der Waals surface area contributed by atoms with E-state index in [0.29, 0.717) is 40.4 Å². The van der Waals surface area contributed by atoms with Crippen molar-refractivity contribution in [2.45, 2.75) is 33.8 Å². The zero-order chi connectivity index (χ0) is 23.9. The Kier molecular flexibility index (Phi) is 3.90. The van der Waals surface area contributed by atoms with Gasteiger partial charge in [0.2, 0.25) is 0 Å². The van der Waals surface area contributed by atoms with Crippen LogP contribution in [-0.2, 0) is 24.5 Å². The molecule has 11 atom stereocenters. The van der Waals surface area contributed by atoms with Crippen molar-refractivity contribution in [2.24, 2.45) is 59.2 Å². The van der Waals surface area contributed by atoms with Gasteiger partial charge in [-0.15, -0.1) is 0 Å². The first-order valence-corrected chi connectivity index (χ1v) is 16.0. The lowest BCUT2D eigenvalue weighted by molar-refractivity contribution is -0.128. The summed E-state index contributed by atoms with van der Waals surface area (Å²) in [6, 6.07) is 17.3. The van der Waals surface area contributed by atoms with E-state index in [4.69, 9.17) is 0 Å². The molecule has 0 aromatic heterocycles. The molecule has 182 valence electrons. The third-order valence-corrected chi connectivity index (χ3v) is 15.7. The van der Waals surface area contributed by atoms with Crippen molar-refractivity contribution in [3.8, 4) is 0 Å². The molecule has 0 saturated heterocycles. The molecular weight excluding hydrogens is 480 g/mol. The van der Waals surface area contributed by atoms with Crippen LogP contribution >= 0.6 is 0 Å². The fraction of sp³-hybridized carbons (Fsp3) is 0.536. The summed E-state index contributed by atoms with van der Waals surface area (Å²) in [4.78, 5) is 14.8. The second-order valence-corrected chi connectivity index (χ2v) is 16.3. The van der Waals surface area contributed by atoms with Gasteiger partial charge in [-0.05, 0) is 90.9 Å². The summed E-state index contributed by atoms with van der Waals surface area (Å²) in [7, 11) is -7.05. The van der Waals surface area contributed by atoms with Gasteiger partial charge in [0.15, 0.2) is 19.7 Å². The standard InChI is InChI=1S/C28H28O5S2/c29-27-24-17(11-12-34(30,31)15-7-3-1-4-8-15)18-13-20-21-19-14-28(20,26(27)23(19)25(24)22(18)21)35(32,33)16-9-5-2-6-10-16/h1-10,17-26H,11-14H2/t17-,18+,19-,20-,21+,22+,23+,24-,25-,26-,28+/m1/s1. The molecule has 0 radical (unpaired) electrons. The predicted molar refractivity (Wildman–Crippen MR) is 129 cm³/mol. The maximum absolute atomic E-state index is 14.2. The number of benzene rings is 2. The highest BCUT2D eigenvalue weighted by Crippen LogP contribution is 2.86. The van der Waals surface area contributed by atoms with E-state index in [9.17, 15) is 21.6 Å². The molecule has 7 heteroatoms. The van der Waals surface area contributed by atoms with Gasteiger partial charge in [0.1, 0.15) is 5.78 Å². The molecule has 2 aromatic rings. The SMILES string of the molecule is O=C1[C@@H]2[C@H](CCS(=O)(=O)c3ccccc3)[C@@H]3C[C@@H]4[C@@H]5[C@H]6C[C@@]4(S(=O)(=O)c4ccccc4)[C@@H]1[C@@H]6[C@H]2[C@@H]35. The lowest BCUT2D eigenvalue weighted by Gasteiger charge is -2.42. The highest BCUT2D eigenvalue weighted by atomic mass is 32.2. The number of hydrogen-bond acceptors (Lipinski definition) is 5. The van der Waals surface area contributed by atoms with Crippen LogP contribution in [0.2, 0.25) is 0 Å². The van der Waals surface area contributed by atoms with Crippen molar-refractivity contribution in [1.82, 2.24) is 0 Å². The minimum atomic E-state index is -3.65. The molecule has 6 aliphatic carbocycles. The van der Waals surface area contributed by atoms with E-state index in [1.165, 1.54) is 0 Å². The minimum Gasteiger partial charge on any atom is -0.299 e. The summed E-state index contributed by atoms with van der Waals surface area (Å²) in [6.45, 7) is 0. The van der Waals surface area contributed by atoms with Gasteiger partial charge in [0, 0.05) is 11.8 Å². The molecule has 6 aliphatic rings. The lowest BCUT2D eigenvalue weighted by atomic mass is 9.70. The molecule has 35 heavy (non-hydrogen) atoms. The molecule has 6 saturated carbocycles. The van der Waals surface area contributed by atoms with Gasteiger partial charge >= 0.3 is 0 Å². The summed E-state index contributed by atoms with van der Waals surface area (Å²) in [6.07, 6.45) is 2.00. The summed E-state index contributed by atoms with van der Waals surface area (Å²) >= 11 is 0. The third-order valence-electron chi connectivity index (χ3n) is 11.3. The first-order valence-electron chi connectivity index (χ1n) is 12.9. The summed E-state index contributed by atoms with van der Waals surface area (Å²) in [5.41, 5.74) is 0. The van der Waals surface area contributed by atoms with E-state index in [1.807, 2.05) is 12.1 Å². The molecule has 0 amide bonds. The van der Waals surface area contributed by atoms with Crippen LogP contribution in [0.15, 0.2) is 70.5 Å². The largest absolute Gasteiger partial charge is 0.299 e. The van der Waals surface area contributed by atoms with Gasteiger partial charge in [-0.25, -0.2) is 16.8 Å². The molecule has 6 fully saturated rings. The zero-order valence-electron chi connectivity index (χ0n) is 19.2. The van der Waals surface area contributed by atoms with Crippen LogP contribution < -0.4 is 0 Å². The average Bonchev–Trinajstić information content (AvgIpc) is 3.64. The molecule has 8 rings (SSSR count). The van der Waals surface area contributed by atoms with E-state index < -0.39 is 30.3 Å². The van der Waals surface area contributed by atoms with Crippen molar-refractivity contribution in [2.75, 3.05) is 5.75 Å². The zero-order valence-corrected chi connectivity index (χ0v) is 20.9. The van der Waals surface area contributed by atoms with Crippen LogP contribution in [0.5, 0.6) is 0 Å². The van der Waals surface area contributed by atoms with Crippen molar-refractivity contribution < 1.29 is 21.6 Å². The Labute approximate surface area is 206 Å². The smallest absolute Gasteiger partial charge is 0.185 e. The Hall–Kier alpha value is -1.99. The molecule has 0 unspecified atom stereocenters. The maximum Gasteiger partial charge on any atom is 0.185 e. The molecule has 0 aliphatic heterocycles. The molecule has 0 spiro atoms. The summed E-state index contributed by atoms with van der Waals surface area (Å²) < 4.78 is 53.6. The fourth-order valence-corrected chi connectivity index (χ4v) is 14.8. The lowest BCUT2D eigenvalue weighted by Crippen LogP contribution is -2.53. The first-order chi connectivity index (χ1) is 16.8. The Balaban J connectivity index is 1.18. The topological polar surface area (TPSA) is 85.3 Å². The Morgan fingerprint density at radius 3 is 2.11 bits per heavy atom. The second-order valence-electron chi connectivity index (χ2n) is 11.9. The van der Waals surface area contributed by atoms with Gasteiger partial charge < -0.3 is 0 Å². The number of sulfone groups is 2. The summed E-state index contributed by atoms with van der Waals surface area (Å²) in [5, 5.41) is 0. The molecule has 5 nitrogen and oxygen atoms in total. The van der Waals surface area contributed by atoms with E-state index in [0.717, 1.165) is 6.42 Å². The fourth-order valence-electron chi connectivity index (χ4n) is 10.8. The van der Waals surface area contributed by atoms with Crippen LogP contribution in [0, 0.1) is 59.2 Å². The number of rotatable bonds is 6. The average molecular weight is 509 g/mol. The van der Waals surface area contributed by atoms with Gasteiger partial charge in [0.05, 0.1) is 20.3 Å². The summed E-state index contributed by atoms with van der Waals surface area (Å²) in [5.74, 6) is 1.70. The highest BCUT2D eigenvalue weighted by molar-refractivity contribution is 7.93. The van der Waals surface area contributed by atoms with Crippen LogP contribution in [0.25, 0.3) is 0 Å². The van der Waals surface area contributed by atoms with Crippen molar-refractivity contribution in [1.29, 1.82) is 0 Å². The molecule has 2 aromatic carbocycles. The van der Waals surface area contributed by atoms with Crippen molar-refractivity contribution in [3.63, 3.8) is 0 Å². The maximum atomic E-state index is 14.2. The predicted octanol–water partition coefficient (Wildman–Crippen LogP) is 3.66. The van der Waals surface area contributed by atoms with Crippen molar-refractivity contribution in [3.05, 3.63) is 60.7 Å². The number of fused-ring (bicyclic) bond motifs is 3.